The molecule has 1 heterocycles. The summed E-state index contributed by atoms with van der Waals surface area (Å²) in [5.74, 6) is 1.88. The van der Waals surface area contributed by atoms with Gasteiger partial charge in [0.15, 0.2) is 0 Å². The van der Waals surface area contributed by atoms with Crippen LogP contribution in [0, 0.1) is 13.8 Å². The summed E-state index contributed by atoms with van der Waals surface area (Å²) in [6, 6.07) is 40.3. The van der Waals surface area contributed by atoms with Crippen molar-refractivity contribution < 1.29 is 4.74 Å². The van der Waals surface area contributed by atoms with Crippen LogP contribution in [-0.2, 0) is 5.41 Å². The third-order valence-corrected chi connectivity index (χ3v) is 8.20. The molecule has 0 bridgehead atoms. The average Bonchev–Trinajstić information content (AvgIpc) is 3.19. The highest BCUT2D eigenvalue weighted by molar-refractivity contribution is 6.02. The number of aryl methyl sites for hydroxylation is 2. The Labute approximate surface area is 210 Å². The van der Waals surface area contributed by atoms with Gasteiger partial charge in [-0.05, 0) is 69.8 Å². The van der Waals surface area contributed by atoms with E-state index in [9.17, 15) is 0 Å². The van der Waals surface area contributed by atoms with Crippen molar-refractivity contribution in [3.05, 3.63) is 143 Å². The van der Waals surface area contributed by atoms with E-state index < -0.39 is 5.41 Å². The number of hydrogen-bond acceptors (Lipinski definition) is 1. The molecule has 6 aromatic carbocycles. The lowest BCUT2D eigenvalue weighted by molar-refractivity contribution is 0.440. The first-order valence-corrected chi connectivity index (χ1v) is 12.6. The van der Waals surface area contributed by atoms with E-state index in [1.165, 1.54) is 66.1 Å². The molecule has 1 aliphatic heterocycles. The Morgan fingerprint density at radius 2 is 0.972 bits per heavy atom. The SMILES string of the molecule is Cc1ccc2c3c(ccc2c1)Oc1ccc2cc(C)ccc2c1C31c2ccccc2-c2ccccc21. The zero-order valence-electron chi connectivity index (χ0n) is 20.3. The molecule has 170 valence electrons. The fourth-order valence-electron chi connectivity index (χ4n) is 6.82. The maximum atomic E-state index is 6.77. The van der Waals surface area contributed by atoms with Crippen LogP contribution in [0.2, 0.25) is 0 Å². The molecule has 0 amide bonds. The van der Waals surface area contributed by atoms with E-state index in [4.69, 9.17) is 4.74 Å². The number of fused-ring (bicyclic) bond motifs is 13. The average molecular weight is 461 g/mol. The largest absolute Gasteiger partial charge is 0.457 e. The lowest BCUT2D eigenvalue weighted by atomic mass is 9.64. The Morgan fingerprint density at radius 1 is 0.500 bits per heavy atom. The van der Waals surface area contributed by atoms with Gasteiger partial charge in [-0.15, -0.1) is 0 Å². The van der Waals surface area contributed by atoms with Gasteiger partial charge in [0.1, 0.15) is 11.5 Å². The highest BCUT2D eigenvalue weighted by Gasteiger charge is 2.52. The van der Waals surface area contributed by atoms with Crippen LogP contribution in [0.1, 0.15) is 33.4 Å². The van der Waals surface area contributed by atoms with E-state index in [2.05, 4.69) is 123 Å². The zero-order chi connectivity index (χ0) is 24.0. The van der Waals surface area contributed by atoms with Gasteiger partial charge in [-0.3, -0.25) is 0 Å². The highest BCUT2D eigenvalue weighted by atomic mass is 16.5. The molecule has 1 aliphatic carbocycles. The maximum Gasteiger partial charge on any atom is 0.132 e. The first-order chi connectivity index (χ1) is 17.7. The zero-order valence-corrected chi connectivity index (χ0v) is 20.3. The maximum absolute atomic E-state index is 6.77. The Hall–Kier alpha value is -4.36. The van der Waals surface area contributed by atoms with Gasteiger partial charge in [-0.25, -0.2) is 0 Å². The monoisotopic (exact) mass is 460 g/mol. The van der Waals surface area contributed by atoms with Crippen molar-refractivity contribution in [1.82, 2.24) is 0 Å². The minimum Gasteiger partial charge on any atom is -0.457 e. The van der Waals surface area contributed by atoms with Crippen molar-refractivity contribution in [2.24, 2.45) is 0 Å². The first kappa shape index (κ1) is 19.9. The summed E-state index contributed by atoms with van der Waals surface area (Å²) >= 11 is 0. The van der Waals surface area contributed by atoms with Crippen molar-refractivity contribution in [3.8, 4) is 22.6 Å². The Kier molecular flexibility index (Phi) is 3.79. The summed E-state index contributed by atoms with van der Waals surface area (Å²) < 4.78 is 6.77. The summed E-state index contributed by atoms with van der Waals surface area (Å²) in [7, 11) is 0. The second-order valence-electron chi connectivity index (χ2n) is 10.3. The molecule has 1 spiro atoms. The van der Waals surface area contributed by atoms with E-state index >= 15 is 0 Å². The Bertz CT molecular complexity index is 1750. The second-order valence-corrected chi connectivity index (χ2v) is 10.3. The fraction of sp³-hybridized carbons (Fsp3) is 0.0857. The van der Waals surface area contributed by atoms with Crippen molar-refractivity contribution in [3.63, 3.8) is 0 Å². The first-order valence-electron chi connectivity index (χ1n) is 12.6. The molecule has 0 aromatic heterocycles. The standard InChI is InChI=1S/C35H24O/c1-21-11-15-25-23(19-21)13-17-31-33(25)35(29-9-5-3-7-27(29)28-8-4-6-10-30(28)35)34-26-16-12-22(2)20-24(26)14-18-32(34)36-31/h3-20H,1-2H3. The molecule has 0 fully saturated rings. The van der Waals surface area contributed by atoms with Gasteiger partial charge in [0.05, 0.1) is 5.41 Å². The number of rotatable bonds is 0. The molecule has 2 aliphatic rings. The minimum absolute atomic E-state index is 0.473. The van der Waals surface area contributed by atoms with Crippen LogP contribution in [0.4, 0.5) is 0 Å². The number of hydrogen-bond donors (Lipinski definition) is 0. The van der Waals surface area contributed by atoms with Gasteiger partial charge in [-0.2, -0.15) is 0 Å². The highest BCUT2D eigenvalue weighted by Crippen LogP contribution is 2.64. The molecule has 0 N–H and O–H groups in total. The normalized spacial score (nSPS) is 14.3. The molecule has 0 saturated heterocycles. The van der Waals surface area contributed by atoms with E-state index in [1.54, 1.807) is 0 Å². The van der Waals surface area contributed by atoms with Crippen molar-refractivity contribution in [2.45, 2.75) is 19.3 Å². The van der Waals surface area contributed by atoms with Gasteiger partial charge in [0, 0.05) is 11.1 Å². The molecule has 0 radical (unpaired) electrons. The van der Waals surface area contributed by atoms with Gasteiger partial charge in [0.2, 0.25) is 0 Å². The smallest absolute Gasteiger partial charge is 0.132 e. The molecule has 6 aromatic rings. The van der Waals surface area contributed by atoms with Gasteiger partial charge in [-0.1, -0.05) is 108 Å². The molecule has 36 heavy (non-hydrogen) atoms. The summed E-state index contributed by atoms with van der Waals surface area (Å²) in [4.78, 5) is 0. The molecule has 1 heteroatoms. The van der Waals surface area contributed by atoms with Crippen LogP contribution >= 0.6 is 0 Å². The third kappa shape index (κ3) is 2.35. The molecule has 0 saturated carbocycles. The lowest BCUT2D eigenvalue weighted by Crippen LogP contribution is -2.32. The van der Waals surface area contributed by atoms with Crippen LogP contribution in [0.3, 0.4) is 0 Å². The van der Waals surface area contributed by atoms with E-state index in [1.807, 2.05) is 0 Å². The van der Waals surface area contributed by atoms with Crippen LogP contribution in [0.5, 0.6) is 11.5 Å². The predicted molar refractivity (Wildman–Crippen MR) is 148 cm³/mol. The molecular formula is C35H24O. The summed E-state index contributed by atoms with van der Waals surface area (Å²) in [5.41, 5.74) is 9.83. The van der Waals surface area contributed by atoms with Crippen LogP contribution < -0.4 is 4.74 Å². The minimum atomic E-state index is -0.473. The van der Waals surface area contributed by atoms with Crippen molar-refractivity contribution in [1.29, 1.82) is 0 Å². The van der Waals surface area contributed by atoms with Crippen LogP contribution in [0.25, 0.3) is 32.7 Å². The Balaban J connectivity index is 1.67. The number of benzene rings is 6. The lowest BCUT2D eigenvalue weighted by Gasteiger charge is -2.41. The molecule has 8 rings (SSSR count). The van der Waals surface area contributed by atoms with Gasteiger partial charge < -0.3 is 4.74 Å². The Morgan fingerprint density at radius 3 is 1.47 bits per heavy atom. The second kappa shape index (κ2) is 6.86. The summed E-state index contributed by atoms with van der Waals surface area (Å²) in [5, 5.41) is 5.00. The van der Waals surface area contributed by atoms with Crippen molar-refractivity contribution in [2.75, 3.05) is 0 Å². The van der Waals surface area contributed by atoms with E-state index in [0.717, 1.165) is 11.5 Å². The molecule has 0 unspecified atom stereocenters. The van der Waals surface area contributed by atoms with Gasteiger partial charge in [0.25, 0.3) is 0 Å². The summed E-state index contributed by atoms with van der Waals surface area (Å²) in [6.45, 7) is 4.33. The quantitative estimate of drug-likeness (QED) is 0.219. The number of ether oxygens (including phenoxy) is 1. The van der Waals surface area contributed by atoms with E-state index in [-0.39, 0.29) is 0 Å². The van der Waals surface area contributed by atoms with Crippen molar-refractivity contribution >= 4 is 21.5 Å². The molecule has 0 atom stereocenters. The third-order valence-electron chi connectivity index (χ3n) is 8.20. The molecular weight excluding hydrogens is 436 g/mol. The molecule has 1 nitrogen and oxygen atoms in total. The van der Waals surface area contributed by atoms with Crippen LogP contribution in [-0.4, -0.2) is 0 Å². The van der Waals surface area contributed by atoms with Gasteiger partial charge >= 0.3 is 0 Å². The topological polar surface area (TPSA) is 9.23 Å². The van der Waals surface area contributed by atoms with Crippen LogP contribution in [0.15, 0.2) is 109 Å². The fourth-order valence-corrected chi connectivity index (χ4v) is 6.82. The predicted octanol–water partition coefficient (Wildman–Crippen LogP) is 9.08. The summed E-state index contributed by atoms with van der Waals surface area (Å²) in [6.07, 6.45) is 0. The van der Waals surface area contributed by atoms with E-state index in [0.29, 0.717) is 0 Å².